The molecule has 0 fully saturated rings. The maximum absolute atomic E-state index is 13.1. The molecule has 9 heteroatoms. The van der Waals surface area contributed by atoms with E-state index in [1.807, 2.05) is 24.3 Å². The maximum atomic E-state index is 13.1. The number of thiazole rings is 1. The first kappa shape index (κ1) is 23.7. The van der Waals surface area contributed by atoms with E-state index in [-0.39, 0.29) is 31.1 Å². The molecule has 1 heterocycles. The van der Waals surface area contributed by atoms with Crippen molar-refractivity contribution < 1.29 is 27.4 Å². The number of nitrogens with one attached hydrogen (secondary N) is 1. The standard InChI is InChI=1S/C23H23F3N2O3S/c1-3-15-4-6-16(7-5-15)22-27-18(14-32-22)13-21(29)28-19-12-17(23(24,25)26)8-9-20(19)31-11-10-30-2/h4-9,12,14H,3,10-11,13H2,1-2H3,(H,28,29). The van der Waals surface area contributed by atoms with Crippen LogP contribution in [-0.2, 0) is 28.5 Å². The summed E-state index contributed by atoms with van der Waals surface area (Å²) in [4.78, 5) is 17.0. The number of carbonyl (C=O) groups is 1. The molecule has 0 aliphatic rings. The molecule has 2 aromatic carbocycles. The number of methoxy groups -OCH3 is 1. The van der Waals surface area contributed by atoms with Crippen molar-refractivity contribution in [3.8, 4) is 16.3 Å². The number of carbonyl (C=O) groups excluding carboxylic acids is 1. The summed E-state index contributed by atoms with van der Waals surface area (Å²) in [6, 6.07) is 11.0. The summed E-state index contributed by atoms with van der Waals surface area (Å²) in [5.41, 5.74) is 1.78. The SMILES string of the molecule is CCc1ccc(-c2nc(CC(=O)Nc3cc(C(F)(F)F)ccc3OCCOC)cs2)cc1. The quantitative estimate of drug-likeness (QED) is 0.419. The highest BCUT2D eigenvalue weighted by Crippen LogP contribution is 2.35. The molecule has 170 valence electrons. The second-order valence-corrected chi connectivity index (χ2v) is 7.83. The highest BCUT2D eigenvalue weighted by Gasteiger charge is 2.31. The number of rotatable bonds is 9. The fourth-order valence-corrected chi connectivity index (χ4v) is 3.75. The topological polar surface area (TPSA) is 60.5 Å². The first-order valence-corrected chi connectivity index (χ1v) is 10.8. The van der Waals surface area contributed by atoms with Crippen LogP contribution in [0.25, 0.3) is 10.6 Å². The van der Waals surface area contributed by atoms with Crippen LogP contribution in [0.1, 0.15) is 23.7 Å². The van der Waals surface area contributed by atoms with Crippen LogP contribution in [0.5, 0.6) is 5.75 Å². The lowest BCUT2D eigenvalue weighted by molar-refractivity contribution is -0.137. The molecule has 0 saturated heterocycles. The summed E-state index contributed by atoms with van der Waals surface area (Å²) >= 11 is 1.41. The Labute approximate surface area is 188 Å². The van der Waals surface area contributed by atoms with Gasteiger partial charge < -0.3 is 14.8 Å². The number of anilines is 1. The van der Waals surface area contributed by atoms with E-state index in [1.54, 1.807) is 5.38 Å². The van der Waals surface area contributed by atoms with Crippen LogP contribution in [0.2, 0.25) is 0 Å². The minimum absolute atomic E-state index is 0.0495. The molecule has 0 atom stereocenters. The van der Waals surface area contributed by atoms with E-state index in [0.717, 1.165) is 29.1 Å². The van der Waals surface area contributed by atoms with E-state index in [9.17, 15) is 18.0 Å². The van der Waals surface area contributed by atoms with Gasteiger partial charge >= 0.3 is 6.18 Å². The number of benzene rings is 2. The minimum Gasteiger partial charge on any atom is -0.489 e. The van der Waals surface area contributed by atoms with E-state index in [1.165, 1.54) is 30.1 Å². The van der Waals surface area contributed by atoms with Crippen LogP contribution in [0.15, 0.2) is 47.8 Å². The third kappa shape index (κ3) is 6.30. The Bertz CT molecular complexity index is 1050. The highest BCUT2D eigenvalue weighted by molar-refractivity contribution is 7.13. The van der Waals surface area contributed by atoms with Gasteiger partial charge in [0.15, 0.2) is 0 Å². The molecule has 0 spiro atoms. The lowest BCUT2D eigenvalue weighted by atomic mass is 10.1. The lowest BCUT2D eigenvalue weighted by Crippen LogP contribution is -2.17. The second-order valence-electron chi connectivity index (χ2n) is 6.97. The van der Waals surface area contributed by atoms with Crippen LogP contribution >= 0.6 is 11.3 Å². The lowest BCUT2D eigenvalue weighted by Gasteiger charge is -2.15. The average molecular weight is 465 g/mol. The van der Waals surface area contributed by atoms with Gasteiger partial charge in [0.05, 0.1) is 30.0 Å². The predicted octanol–water partition coefficient (Wildman–Crippen LogP) is 5.60. The van der Waals surface area contributed by atoms with Crippen LogP contribution in [-0.4, -0.2) is 31.2 Å². The number of hydrogen-bond donors (Lipinski definition) is 1. The normalized spacial score (nSPS) is 11.4. The molecule has 0 radical (unpaired) electrons. The average Bonchev–Trinajstić information content (AvgIpc) is 3.22. The smallest absolute Gasteiger partial charge is 0.416 e. The van der Waals surface area contributed by atoms with Crippen molar-refractivity contribution in [2.45, 2.75) is 25.9 Å². The van der Waals surface area contributed by atoms with Crippen LogP contribution in [0.3, 0.4) is 0 Å². The number of aryl methyl sites for hydroxylation is 1. The van der Waals surface area contributed by atoms with Gasteiger partial charge in [-0.15, -0.1) is 11.3 Å². The first-order valence-electron chi connectivity index (χ1n) is 9.96. The molecule has 0 unspecified atom stereocenters. The molecular formula is C23H23F3N2O3S. The molecule has 1 aromatic heterocycles. The van der Waals surface area contributed by atoms with Gasteiger partial charge in [0.2, 0.25) is 5.91 Å². The molecular weight excluding hydrogens is 441 g/mol. The second kappa shape index (κ2) is 10.6. The molecule has 0 bridgehead atoms. The van der Waals surface area contributed by atoms with Crippen LogP contribution in [0, 0.1) is 0 Å². The van der Waals surface area contributed by atoms with Gasteiger partial charge in [0.25, 0.3) is 0 Å². The van der Waals surface area contributed by atoms with Crippen molar-refractivity contribution in [2.24, 2.45) is 0 Å². The Balaban J connectivity index is 1.72. The maximum Gasteiger partial charge on any atom is 0.416 e. The zero-order valence-electron chi connectivity index (χ0n) is 17.7. The van der Waals surface area contributed by atoms with Gasteiger partial charge in [-0.2, -0.15) is 13.2 Å². The van der Waals surface area contributed by atoms with Gasteiger partial charge in [-0.05, 0) is 30.2 Å². The Morgan fingerprint density at radius 1 is 1.12 bits per heavy atom. The number of alkyl halides is 3. The molecule has 3 rings (SSSR count). The minimum atomic E-state index is -4.54. The number of halogens is 3. The molecule has 3 aromatic rings. The van der Waals surface area contributed by atoms with Gasteiger partial charge in [0, 0.05) is 18.1 Å². The molecule has 32 heavy (non-hydrogen) atoms. The van der Waals surface area contributed by atoms with Gasteiger partial charge in [-0.1, -0.05) is 31.2 Å². The summed E-state index contributed by atoms with van der Waals surface area (Å²) < 4.78 is 49.7. The molecule has 1 amide bonds. The van der Waals surface area contributed by atoms with Crippen molar-refractivity contribution in [1.82, 2.24) is 4.98 Å². The van der Waals surface area contributed by atoms with Gasteiger partial charge in [-0.25, -0.2) is 4.98 Å². The molecule has 0 saturated carbocycles. The molecule has 1 N–H and O–H groups in total. The van der Waals surface area contributed by atoms with Gasteiger partial charge in [-0.3, -0.25) is 4.79 Å². The number of nitrogens with zero attached hydrogens (tertiary/aromatic N) is 1. The summed E-state index contributed by atoms with van der Waals surface area (Å²) in [5.74, 6) is -0.350. The molecule has 0 aliphatic heterocycles. The number of hydrogen-bond acceptors (Lipinski definition) is 5. The van der Waals surface area contributed by atoms with Crippen molar-refractivity contribution >= 4 is 22.9 Å². The number of ether oxygens (including phenoxy) is 2. The third-order valence-corrected chi connectivity index (χ3v) is 5.57. The van der Waals surface area contributed by atoms with E-state index in [4.69, 9.17) is 9.47 Å². The van der Waals surface area contributed by atoms with Crippen LogP contribution < -0.4 is 10.1 Å². The summed E-state index contributed by atoms with van der Waals surface area (Å²) in [7, 11) is 1.49. The van der Waals surface area contributed by atoms with Crippen LogP contribution in [0.4, 0.5) is 18.9 Å². The molecule has 5 nitrogen and oxygen atoms in total. The zero-order valence-corrected chi connectivity index (χ0v) is 18.5. The fraction of sp³-hybridized carbons (Fsp3) is 0.304. The summed E-state index contributed by atoms with van der Waals surface area (Å²) in [6.07, 6.45) is -3.67. The van der Waals surface area contributed by atoms with E-state index < -0.39 is 17.6 Å². The van der Waals surface area contributed by atoms with Crippen molar-refractivity contribution in [3.63, 3.8) is 0 Å². The fourth-order valence-electron chi connectivity index (χ4n) is 2.93. The Morgan fingerprint density at radius 2 is 1.88 bits per heavy atom. The number of aromatic nitrogens is 1. The monoisotopic (exact) mass is 464 g/mol. The van der Waals surface area contributed by atoms with Crippen molar-refractivity contribution in [3.05, 3.63) is 64.7 Å². The first-order chi connectivity index (χ1) is 15.3. The van der Waals surface area contributed by atoms with E-state index >= 15 is 0 Å². The van der Waals surface area contributed by atoms with E-state index in [0.29, 0.717) is 5.69 Å². The van der Waals surface area contributed by atoms with Crippen molar-refractivity contribution in [1.29, 1.82) is 0 Å². The van der Waals surface area contributed by atoms with E-state index in [2.05, 4.69) is 17.2 Å². The van der Waals surface area contributed by atoms with Crippen molar-refractivity contribution in [2.75, 3.05) is 25.6 Å². The predicted molar refractivity (Wildman–Crippen MR) is 118 cm³/mol. The summed E-state index contributed by atoms with van der Waals surface area (Å²) in [6.45, 7) is 2.47. The Hall–Kier alpha value is -2.91. The zero-order chi connectivity index (χ0) is 23.1. The summed E-state index contributed by atoms with van der Waals surface area (Å²) in [5, 5.41) is 5.07. The third-order valence-electron chi connectivity index (χ3n) is 4.63. The number of amides is 1. The molecule has 0 aliphatic carbocycles. The Kier molecular flexibility index (Phi) is 7.87. The Morgan fingerprint density at radius 3 is 2.53 bits per heavy atom. The van der Waals surface area contributed by atoms with Gasteiger partial charge in [0.1, 0.15) is 17.4 Å². The largest absolute Gasteiger partial charge is 0.489 e. The highest BCUT2D eigenvalue weighted by atomic mass is 32.1.